The fraction of sp³-hybridized carbons (Fsp3) is 0.370. The lowest BCUT2D eigenvalue weighted by molar-refractivity contribution is -0.137. The van der Waals surface area contributed by atoms with Crippen LogP contribution in [0.15, 0.2) is 65.7 Å². The number of alkyl halides is 3. The van der Waals surface area contributed by atoms with Crippen molar-refractivity contribution in [3.8, 4) is 11.1 Å². The van der Waals surface area contributed by atoms with Gasteiger partial charge in [-0.2, -0.15) is 13.2 Å². The first-order valence-electron chi connectivity index (χ1n) is 12.4. The summed E-state index contributed by atoms with van der Waals surface area (Å²) in [6.07, 6.45) is -1.68. The molecule has 1 saturated carbocycles. The Kier molecular flexibility index (Phi) is 7.32. The Bertz CT molecular complexity index is 1370. The van der Waals surface area contributed by atoms with E-state index in [4.69, 9.17) is 4.74 Å². The zero-order valence-corrected chi connectivity index (χ0v) is 21.2. The third-order valence-corrected chi connectivity index (χ3v) is 9.31. The van der Waals surface area contributed by atoms with E-state index in [1.807, 2.05) is 0 Å². The Labute approximate surface area is 218 Å². The molecule has 2 aliphatic rings. The van der Waals surface area contributed by atoms with Crippen LogP contribution in [-0.4, -0.2) is 43.9 Å². The van der Waals surface area contributed by atoms with Gasteiger partial charge in [0.1, 0.15) is 11.6 Å². The molecule has 1 saturated heterocycles. The molecule has 2 N–H and O–H groups in total. The average molecular weight is 550 g/mol. The third kappa shape index (κ3) is 5.78. The van der Waals surface area contributed by atoms with Gasteiger partial charge in [0.2, 0.25) is 0 Å². The van der Waals surface area contributed by atoms with Gasteiger partial charge in [-0.05, 0) is 73.2 Å². The Morgan fingerprint density at radius 2 is 1.53 bits per heavy atom. The van der Waals surface area contributed by atoms with Crippen LogP contribution in [0, 0.1) is 5.82 Å². The number of aromatic nitrogens is 1. The molecule has 2 fully saturated rings. The highest BCUT2D eigenvalue weighted by atomic mass is 32.2. The molecule has 38 heavy (non-hydrogen) atoms. The second-order valence-electron chi connectivity index (χ2n) is 9.69. The van der Waals surface area contributed by atoms with E-state index in [1.165, 1.54) is 12.1 Å². The number of hydrogen-bond acceptors (Lipinski definition) is 6. The first-order valence-corrected chi connectivity index (χ1v) is 13.9. The molecule has 0 unspecified atom stereocenters. The molecule has 202 valence electrons. The number of pyridine rings is 1. The maximum Gasteiger partial charge on any atom is 0.417 e. The zero-order valence-electron chi connectivity index (χ0n) is 20.3. The Morgan fingerprint density at radius 3 is 2.11 bits per heavy atom. The van der Waals surface area contributed by atoms with Gasteiger partial charge in [0.05, 0.1) is 40.7 Å². The van der Waals surface area contributed by atoms with Crippen LogP contribution in [0.2, 0.25) is 0 Å². The molecular formula is C27H27F4N3O3S. The van der Waals surface area contributed by atoms with Gasteiger partial charge in [-0.25, -0.2) is 17.8 Å². The smallest absolute Gasteiger partial charge is 0.377 e. The predicted molar refractivity (Wildman–Crippen MR) is 136 cm³/mol. The molecule has 6 nitrogen and oxygen atoms in total. The van der Waals surface area contributed by atoms with Gasteiger partial charge in [-0.1, -0.05) is 18.2 Å². The number of halogens is 4. The van der Waals surface area contributed by atoms with Crippen molar-refractivity contribution in [3.05, 3.63) is 72.2 Å². The molecule has 11 heteroatoms. The van der Waals surface area contributed by atoms with Crippen LogP contribution in [0.25, 0.3) is 11.1 Å². The zero-order chi connectivity index (χ0) is 26.9. The van der Waals surface area contributed by atoms with Crippen LogP contribution in [0.1, 0.15) is 31.2 Å². The van der Waals surface area contributed by atoms with Gasteiger partial charge >= 0.3 is 6.18 Å². The van der Waals surface area contributed by atoms with Crippen molar-refractivity contribution in [2.45, 2.75) is 54.1 Å². The summed E-state index contributed by atoms with van der Waals surface area (Å²) >= 11 is 0. The molecule has 0 bridgehead atoms. The summed E-state index contributed by atoms with van der Waals surface area (Å²) in [5, 5.41) is 5.68. The predicted octanol–water partition coefficient (Wildman–Crippen LogP) is 5.91. The number of sulfone groups is 1. The van der Waals surface area contributed by atoms with E-state index in [0.29, 0.717) is 50.4 Å². The first kappa shape index (κ1) is 26.4. The number of hydrogen-bond donors (Lipinski definition) is 2. The molecule has 0 radical (unpaired) electrons. The fourth-order valence-corrected chi connectivity index (χ4v) is 6.55. The molecule has 0 amide bonds. The lowest BCUT2D eigenvalue weighted by Crippen LogP contribution is -2.40. The van der Waals surface area contributed by atoms with Crippen molar-refractivity contribution >= 4 is 21.3 Å². The summed E-state index contributed by atoms with van der Waals surface area (Å²) in [6, 6.07) is 13.6. The van der Waals surface area contributed by atoms with Gasteiger partial charge in [0.25, 0.3) is 0 Å². The number of nitrogens with zero attached hydrogens (tertiary/aromatic N) is 1. The van der Waals surface area contributed by atoms with Gasteiger partial charge in [-0.15, -0.1) is 0 Å². The SMILES string of the molecule is O=S(=O)(c1ccc(-c2ccc(F)c(NC3COC3)c2)cc1)C1CCC(Nc2ccc(C(F)(F)F)cn2)CC1. The van der Waals surface area contributed by atoms with Gasteiger partial charge in [0, 0.05) is 12.2 Å². The van der Waals surface area contributed by atoms with Crippen molar-refractivity contribution < 1.29 is 30.7 Å². The number of anilines is 2. The third-order valence-electron chi connectivity index (χ3n) is 7.04. The lowest BCUT2D eigenvalue weighted by Gasteiger charge is -2.29. The standard InChI is InChI=1S/C27H27F4N3O3S/c28-24-11-3-18(13-25(24)33-21-15-37-16-21)17-1-7-22(8-2-17)38(35,36)23-9-5-20(6-10-23)34-26-12-4-19(14-32-26)27(29,30)31/h1-4,7-8,11-14,20-21,23,33H,5-6,9-10,15-16H2,(H,32,34). The number of nitrogens with one attached hydrogen (secondary N) is 2. The maximum atomic E-state index is 14.2. The van der Waals surface area contributed by atoms with Crippen LogP contribution >= 0.6 is 0 Å². The first-order chi connectivity index (χ1) is 18.1. The number of rotatable bonds is 7. The fourth-order valence-electron chi connectivity index (χ4n) is 4.76. The molecule has 2 heterocycles. The number of ether oxygens (including phenoxy) is 1. The molecule has 2 aromatic carbocycles. The van der Waals surface area contributed by atoms with Crippen molar-refractivity contribution in [3.63, 3.8) is 0 Å². The summed E-state index contributed by atoms with van der Waals surface area (Å²) in [7, 11) is -3.56. The Morgan fingerprint density at radius 1 is 0.842 bits per heavy atom. The molecule has 0 atom stereocenters. The minimum Gasteiger partial charge on any atom is -0.377 e. The van der Waals surface area contributed by atoms with Crippen molar-refractivity contribution in [1.82, 2.24) is 4.98 Å². The molecule has 5 rings (SSSR count). The summed E-state index contributed by atoms with van der Waals surface area (Å²) in [5.74, 6) is -0.0286. The Hall–Kier alpha value is -3.18. The highest BCUT2D eigenvalue weighted by Gasteiger charge is 2.33. The normalized spacial score (nSPS) is 20.5. The molecule has 1 aliphatic carbocycles. The largest absolute Gasteiger partial charge is 0.417 e. The van der Waals surface area contributed by atoms with Crippen molar-refractivity contribution in [2.75, 3.05) is 23.8 Å². The second kappa shape index (κ2) is 10.5. The van der Waals surface area contributed by atoms with Crippen LogP contribution < -0.4 is 10.6 Å². The molecule has 3 aromatic rings. The average Bonchev–Trinajstić information content (AvgIpc) is 2.87. The van der Waals surface area contributed by atoms with E-state index in [1.54, 1.807) is 36.4 Å². The van der Waals surface area contributed by atoms with E-state index in [2.05, 4.69) is 15.6 Å². The van der Waals surface area contributed by atoms with E-state index in [-0.39, 0.29) is 22.8 Å². The molecule has 1 aliphatic heterocycles. The topological polar surface area (TPSA) is 80.3 Å². The monoisotopic (exact) mass is 549 g/mol. The quantitative estimate of drug-likeness (QED) is 0.357. The van der Waals surface area contributed by atoms with E-state index >= 15 is 0 Å². The number of benzene rings is 2. The minimum atomic E-state index is -4.44. The highest BCUT2D eigenvalue weighted by molar-refractivity contribution is 7.92. The minimum absolute atomic E-state index is 0.0687. The summed E-state index contributed by atoms with van der Waals surface area (Å²) in [6.45, 7) is 1.06. The van der Waals surface area contributed by atoms with E-state index < -0.39 is 26.8 Å². The van der Waals surface area contributed by atoms with Crippen molar-refractivity contribution in [2.24, 2.45) is 0 Å². The van der Waals surface area contributed by atoms with E-state index in [9.17, 15) is 26.0 Å². The maximum absolute atomic E-state index is 14.2. The van der Waals surface area contributed by atoms with Crippen molar-refractivity contribution in [1.29, 1.82) is 0 Å². The molecule has 0 spiro atoms. The van der Waals surface area contributed by atoms with Crippen LogP contribution in [0.5, 0.6) is 0 Å². The van der Waals surface area contributed by atoms with Gasteiger partial charge in [0.15, 0.2) is 9.84 Å². The van der Waals surface area contributed by atoms with Crippen LogP contribution in [0.4, 0.5) is 29.1 Å². The lowest BCUT2D eigenvalue weighted by atomic mass is 9.95. The van der Waals surface area contributed by atoms with Crippen LogP contribution in [0.3, 0.4) is 0 Å². The van der Waals surface area contributed by atoms with Crippen LogP contribution in [-0.2, 0) is 20.8 Å². The Balaban J connectivity index is 1.20. The van der Waals surface area contributed by atoms with E-state index in [0.717, 1.165) is 23.4 Å². The summed E-state index contributed by atoms with van der Waals surface area (Å²) < 4.78 is 84.1. The molecule has 1 aromatic heterocycles. The summed E-state index contributed by atoms with van der Waals surface area (Å²) in [5.41, 5.74) is 1.10. The highest BCUT2D eigenvalue weighted by Crippen LogP contribution is 2.33. The van der Waals surface area contributed by atoms with Gasteiger partial charge in [-0.3, -0.25) is 0 Å². The second-order valence-corrected chi connectivity index (χ2v) is 11.9. The van der Waals surface area contributed by atoms with Gasteiger partial charge < -0.3 is 15.4 Å². The molecular weight excluding hydrogens is 522 g/mol. The summed E-state index contributed by atoms with van der Waals surface area (Å²) in [4.78, 5) is 4.07.